The van der Waals surface area contributed by atoms with Crippen molar-refractivity contribution in [1.29, 1.82) is 0 Å². The number of nitrogens with one attached hydrogen (secondary N) is 1. The van der Waals surface area contributed by atoms with Gasteiger partial charge in [0.05, 0.1) is 5.69 Å². The molecule has 0 aromatic heterocycles. The van der Waals surface area contributed by atoms with Crippen LogP contribution in [0.4, 0.5) is 10.1 Å². The van der Waals surface area contributed by atoms with Gasteiger partial charge in [0.1, 0.15) is 11.7 Å². The largest absolute Gasteiger partial charge is 0.343 e. The molecule has 1 aliphatic rings. The fraction of sp³-hybridized carbons (Fsp3) is 0.417. The lowest BCUT2D eigenvalue weighted by Gasteiger charge is -2.10. The minimum Gasteiger partial charge on any atom is -0.343 e. The van der Waals surface area contributed by atoms with E-state index in [0.717, 1.165) is 28.1 Å². The number of anilines is 1. The van der Waals surface area contributed by atoms with E-state index in [1.54, 1.807) is 6.07 Å². The van der Waals surface area contributed by atoms with Crippen molar-refractivity contribution in [3.05, 3.63) is 27.6 Å². The van der Waals surface area contributed by atoms with Gasteiger partial charge in [-0.2, -0.15) is 0 Å². The minimum atomic E-state index is -0.197. The molecule has 0 atom stereocenters. The second-order valence-corrected chi connectivity index (χ2v) is 5.05. The predicted molar refractivity (Wildman–Crippen MR) is 73.5 cm³/mol. The number of aliphatic imine (C=N–C) groups is 1. The molecule has 86 valence electrons. The van der Waals surface area contributed by atoms with Gasteiger partial charge < -0.3 is 5.32 Å². The van der Waals surface area contributed by atoms with Crippen molar-refractivity contribution in [2.45, 2.75) is 25.7 Å². The van der Waals surface area contributed by atoms with Crippen LogP contribution in [0.5, 0.6) is 0 Å². The highest BCUT2D eigenvalue weighted by molar-refractivity contribution is 14.1. The second-order valence-electron chi connectivity index (χ2n) is 3.89. The van der Waals surface area contributed by atoms with Gasteiger partial charge in [-0.25, -0.2) is 4.39 Å². The summed E-state index contributed by atoms with van der Waals surface area (Å²) in [6.07, 6.45) is 4.60. The zero-order valence-corrected chi connectivity index (χ0v) is 11.1. The van der Waals surface area contributed by atoms with E-state index in [1.807, 2.05) is 0 Å². The first kappa shape index (κ1) is 11.8. The molecule has 1 N–H and O–H groups in total. The third-order valence-corrected chi connectivity index (χ3v) is 3.48. The van der Waals surface area contributed by atoms with E-state index in [0.29, 0.717) is 0 Å². The lowest BCUT2D eigenvalue weighted by molar-refractivity contribution is 0.627. The number of halogens is 2. The summed E-state index contributed by atoms with van der Waals surface area (Å²) < 4.78 is 13.8. The van der Waals surface area contributed by atoms with Gasteiger partial charge in [0.25, 0.3) is 0 Å². The molecular formula is C12H14FIN2. The quantitative estimate of drug-likeness (QED) is 0.777. The molecule has 0 fully saturated rings. The van der Waals surface area contributed by atoms with Crippen molar-refractivity contribution in [3.8, 4) is 0 Å². The topological polar surface area (TPSA) is 24.4 Å². The van der Waals surface area contributed by atoms with Gasteiger partial charge in [0, 0.05) is 16.5 Å². The lowest BCUT2D eigenvalue weighted by atomic mass is 10.2. The third kappa shape index (κ3) is 3.17. The summed E-state index contributed by atoms with van der Waals surface area (Å²) in [5.41, 5.74) is 0.947. The maximum absolute atomic E-state index is 12.9. The molecule has 0 aliphatic carbocycles. The average Bonchev–Trinajstić information content (AvgIpc) is 2.51. The molecule has 0 saturated carbocycles. The zero-order chi connectivity index (χ0) is 11.4. The summed E-state index contributed by atoms with van der Waals surface area (Å²) in [5.74, 6) is 0.833. The van der Waals surface area contributed by atoms with Gasteiger partial charge in [-0.05, 0) is 53.6 Å². The van der Waals surface area contributed by atoms with Gasteiger partial charge in [0.2, 0.25) is 0 Å². The van der Waals surface area contributed by atoms with Crippen LogP contribution in [0.25, 0.3) is 0 Å². The molecule has 0 unspecified atom stereocenters. The number of hydrogen-bond donors (Lipinski definition) is 1. The lowest BCUT2D eigenvalue weighted by Crippen LogP contribution is -2.12. The molecular weight excluding hydrogens is 318 g/mol. The van der Waals surface area contributed by atoms with Gasteiger partial charge in [-0.3, -0.25) is 4.99 Å². The van der Waals surface area contributed by atoms with E-state index in [1.165, 1.54) is 31.4 Å². The Labute approximate surface area is 108 Å². The van der Waals surface area contributed by atoms with Crippen molar-refractivity contribution in [2.24, 2.45) is 4.99 Å². The highest BCUT2D eigenvalue weighted by Crippen LogP contribution is 2.20. The molecule has 0 radical (unpaired) electrons. The standard InChI is InChI=1S/C12H14FIN2/c13-9-5-6-11(10(14)8-9)16-12-4-2-1-3-7-15-12/h5-6,8H,1-4,7H2,(H,15,16). The number of hydrogen-bond acceptors (Lipinski definition) is 2. The molecule has 0 bridgehead atoms. The normalized spacial score (nSPS) is 16.5. The van der Waals surface area contributed by atoms with Crippen molar-refractivity contribution >= 4 is 34.1 Å². The van der Waals surface area contributed by atoms with Crippen LogP contribution in [0.1, 0.15) is 25.7 Å². The zero-order valence-electron chi connectivity index (χ0n) is 8.97. The van der Waals surface area contributed by atoms with Crippen molar-refractivity contribution in [1.82, 2.24) is 0 Å². The summed E-state index contributed by atoms with van der Waals surface area (Å²) in [7, 11) is 0. The number of benzene rings is 1. The molecule has 0 amide bonds. The van der Waals surface area contributed by atoms with Crippen LogP contribution in [-0.2, 0) is 0 Å². The smallest absolute Gasteiger partial charge is 0.124 e. The Morgan fingerprint density at radius 2 is 2.12 bits per heavy atom. The number of nitrogens with zero attached hydrogens (tertiary/aromatic N) is 1. The Morgan fingerprint density at radius 3 is 2.94 bits per heavy atom. The molecule has 16 heavy (non-hydrogen) atoms. The predicted octanol–water partition coefficient (Wildman–Crippen LogP) is 3.81. The molecule has 1 aliphatic heterocycles. The Hall–Kier alpha value is -0.650. The summed E-state index contributed by atoms with van der Waals surface area (Å²) in [6, 6.07) is 4.77. The summed E-state index contributed by atoms with van der Waals surface area (Å²) in [6.45, 7) is 0.903. The Morgan fingerprint density at radius 1 is 1.25 bits per heavy atom. The highest BCUT2D eigenvalue weighted by atomic mass is 127. The van der Waals surface area contributed by atoms with E-state index in [9.17, 15) is 4.39 Å². The third-order valence-electron chi connectivity index (χ3n) is 2.58. The fourth-order valence-corrected chi connectivity index (χ4v) is 2.33. The minimum absolute atomic E-state index is 0.197. The van der Waals surface area contributed by atoms with Crippen LogP contribution in [0, 0.1) is 9.39 Å². The Kier molecular flexibility index (Phi) is 4.15. The highest BCUT2D eigenvalue weighted by Gasteiger charge is 2.07. The molecule has 4 heteroatoms. The summed E-state index contributed by atoms with van der Waals surface area (Å²) in [4.78, 5) is 4.49. The van der Waals surface area contributed by atoms with Crippen LogP contribution in [0.3, 0.4) is 0 Å². The molecule has 0 saturated heterocycles. The van der Waals surface area contributed by atoms with E-state index in [2.05, 4.69) is 32.9 Å². The van der Waals surface area contributed by atoms with Gasteiger partial charge in [0.15, 0.2) is 0 Å². The first-order valence-electron chi connectivity index (χ1n) is 5.51. The van der Waals surface area contributed by atoms with Crippen molar-refractivity contribution in [3.63, 3.8) is 0 Å². The van der Waals surface area contributed by atoms with Crippen LogP contribution < -0.4 is 5.32 Å². The maximum Gasteiger partial charge on any atom is 0.124 e. The summed E-state index contributed by atoms with van der Waals surface area (Å²) in [5, 5.41) is 3.29. The van der Waals surface area contributed by atoms with Gasteiger partial charge >= 0.3 is 0 Å². The van der Waals surface area contributed by atoms with Crippen LogP contribution in [0.2, 0.25) is 0 Å². The monoisotopic (exact) mass is 332 g/mol. The number of amidine groups is 1. The molecule has 0 spiro atoms. The molecule has 2 rings (SSSR count). The first-order valence-corrected chi connectivity index (χ1v) is 6.59. The maximum atomic E-state index is 12.9. The molecule has 2 nitrogen and oxygen atoms in total. The van der Waals surface area contributed by atoms with Crippen molar-refractivity contribution < 1.29 is 4.39 Å². The van der Waals surface area contributed by atoms with Crippen LogP contribution in [0.15, 0.2) is 23.2 Å². The summed E-state index contributed by atoms with van der Waals surface area (Å²) >= 11 is 2.13. The second kappa shape index (κ2) is 5.61. The molecule has 1 aromatic carbocycles. The fourth-order valence-electron chi connectivity index (χ4n) is 1.72. The van der Waals surface area contributed by atoms with Crippen LogP contribution >= 0.6 is 22.6 Å². The number of rotatable bonds is 1. The molecule has 1 heterocycles. The van der Waals surface area contributed by atoms with E-state index in [-0.39, 0.29) is 5.82 Å². The Balaban J connectivity index is 2.10. The average molecular weight is 332 g/mol. The van der Waals surface area contributed by atoms with E-state index < -0.39 is 0 Å². The van der Waals surface area contributed by atoms with Crippen LogP contribution in [-0.4, -0.2) is 12.4 Å². The van der Waals surface area contributed by atoms with Gasteiger partial charge in [-0.15, -0.1) is 0 Å². The van der Waals surface area contributed by atoms with Gasteiger partial charge in [-0.1, -0.05) is 6.42 Å². The van der Waals surface area contributed by atoms with E-state index >= 15 is 0 Å². The molecule has 1 aromatic rings. The first-order chi connectivity index (χ1) is 7.75. The Bertz CT molecular complexity index is 404. The van der Waals surface area contributed by atoms with E-state index in [4.69, 9.17) is 0 Å². The SMILES string of the molecule is Fc1ccc(NC2=NCCCCC2)c(I)c1. The van der Waals surface area contributed by atoms with Crippen molar-refractivity contribution in [2.75, 3.05) is 11.9 Å².